The molecule has 0 bridgehead atoms. The van der Waals surface area contributed by atoms with Crippen LogP contribution in [0.2, 0.25) is 0 Å². The van der Waals surface area contributed by atoms with E-state index in [9.17, 15) is 0 Å². The number of ether oxygens (including phenoxy) is 1. The summed E-state index contributed by atoms with van der Waals surface area (Å²) in [6, 6.07) is 0.736. The molecule has 0 amide bonds. The molecule has 0 saturated carbocycles. The van der Waals surface area contributed by atoms with Gasteiger partial charge in [0, 0.05) is 19.2 Å². The van der Waals surface area contributed by atoms with Gasteiger partial charge in [-0.1, -0.05) is 6.92 Å². The third kappa shape index (κ3) is 3.94. The van der Waals surface area contributed by atoms with Crippen molar-refractivity contribution < 1.29 is 4.74 Å². The van der Waals surface area contributed by atoms with Gasteiger partial charge in [0.2, 0.25) is 0 Å². The monoisotopic (exact) mass is 240 g/mol. The molecule has 0 aliphatic carbocycles. The van der Waals surface area contributed by atoms with E-state index in [-0.39, 0.29) is 0 Å². The summed E-state index contributed by atoms with van der Waals surface area (Å²) in [4.78, 5) is 2.57. The molecule has 0 spiro atoms. The van der Waals surface area contributed by atoms with E-state index in [0.29, 0.717) is 6.10 Å². The molecule has 2 fully saturated rings. The van der Waals surface area contributed by atoms with Crippen molar-refractivity contribution in [1.29, 1.82) is 0 Å². The van der Waals surface area contributed by atoms with Crippen LogP contribution in [0.4, 0.5) is 0 Å². The summed E-state index contributed by atoms with van der Waals surface area (Å²) in [5, 5.41) is 3.77. The molecule has 3 atom stereocenters. The Hall–Kier alpha value is -0.120. The maximum atomic E-state index is 5.62. The van der Waals surface area contributed by atoms with Crippen LogP contribution in [0.5, 0.6) is 0 Å². The minimum absolute atomic E-state index is 0.459. The third-order valence-corrected chi connectivity index (χ3v) is 4.47. The van der Waals surface area contributed by atoms with E-state index in [2.05, 4.69) is 24.1 Å². The van der Waals surface area contributed by atoms with Gasteiger partial charge in [-0.2, -0.15) is 0 Å². The summed E-state index contributed by atoms with van der Waals surface area (Å²) in [6.45, 7) is 10.4. The van der Waals surface area contributed by atoms with E-state index < -0.39 is 0 Å². The molecule has 3 nitrogen and oxygen atoms in total. The topological polar surface area (TPSA) is 24.5 Å². The van der Waals surface area contributed by atoms with Gasteiger partial charge in [0.05, 0.1) is 6.10 Å². The fourth-order valence-corrected chi connectivity index (χ4v) is 3.04. The van der Waals surface area contributed by atoms with Crippen molar-refractivity contribution in [2.75, 3.05) is 32.8 Å². The Morgan fingerprint density at radius 2 is 2.12 bits per heavy atom. The van der Waals surface area contributed by atoms with E-state index in [1.54, 1.807) is 0 Å². The van der Waals surface area contributed by atoms with Crippen LogP contribution in [0.15, 0.2) is 0 Å². The molecule has 2 heterocycles. The van der Waals surface area contributed by atoms with Crippen LogP contribution in [-0.4, -0.2) is 49.8 Å². The molecule has 0 radical (unpaired) electrons. The highest BCUT2D eigenvalue weighted by atomic mass is 16.5. The van der Waals surface area contributed by atoms with Crippen molar-refractivity contribution in [3.8, 4) is 0 Å². The summed E-state index contributed by atoms with van der Waals surface area (Å²) in [5.41, 5.74) is 0. The van der Waals surface area contributed by atoms with Gasteiger partial charge in [0.25, 0.3) is 0 Å². The summed E-state index contributed by atoms with van der Waals surface area (Å²) >= 11 is 0. The van der Waals surface area contributed by atoms with Gasteiger partial charge in [0.1, 0.15) is 0 Å². The first kappa shape index (κ1) is 13.3. The van der Waals surface area contributed by atoms with E-state index in [1.807, 2.05) is 0 Å². The van der Waals surface area contributed by atoms with Gasteiger partial charge in [0.15, 0.2) is 0 Å². The first-order valence-electron chi connectivity index (χ1n) is 7.37. The number of likely N-dealkylation sites (tertiary alicyclic amines) is 1. The lowest BCUT2D eigenvalue weighted by Gasteiger charge is -2.21. The Kier molecular flexibility index (Phi) is 5.26. The molecule has 2 saturated heterocycles. The van der Waals surface area contributed by atoms with Crippen molar-refractivity contribution in [1.82, 2.24) is 10.2 Å². The Bertz CT molecular complexity index is 222. The number of nitrogens with zero attached hydrogens (tertiary/aromatic N) is 1. The van der Waals surface area contributed by atoms with Crippen LogP contribution in [-0.2, 0) is 4.74 Å². The number of nitrogens with one attached hydrogen (secondary N) is 1. The Morgan fingerprint density at radius 3 is 2.82 bits per heavy atom. The molecule has 100 valence electrons. The smallest absolute Gasteiger partial charge is 0.0588 e. The standard InChI is InChI=1S/C14H28N2O/c1-3-16-8-4-5-14(6-9-16)15-11-13-7-10-17-12(13)2/h12-15H,3-11H2,1-2H3. The number of hydrogen-bond acceptors (Lipinski definition) is 3. The quantitative estimate of drug-likeness (QED) is 0.812. The largest absolute Gasteiger partial charge is 0.378 e. The van der Waals surface area contributed by atoms with E-state index >= 15 is 0 Å². The molecule has 1 N–H and O–H groups in total. The van der Waals surface area contributed by atoms with Crippen molar-refractivity contribution in [3.63, 3.8) is 0 Å². The van der Waals surface area contributed by atoms with E-state index in [0.717, 1.165) is 25.1 Å². The van der Waals surface area contributed by atoms with Gasteiger partial charge in [-0.15, -0.1) is 0 Å². The molecule has 2 rings (SSSR count). The van der Waals surface area contributed by atoms with Crippen molar-refractivity contribution >= 4 is 0 Å². The van der Waals surface area contributed by atoms with Gasteiger partial charge in [-0.3, -0.25) is 0 Å². The third-order valence-electron chi connectivity index (χ3n) is 4.47. The predicted molar refractivity (Wildman–Crippen MR) is 71.3 cm³/mol. The lowest BCUT2D eigenvalue weighted by atomic mass is 10.0. The minimum atomic E-state index is 0.459. The van der Waals surface area contributed by atoms with Gasteiger partial charge in [-0.05, 0) is 58.2 Å². The second kappa shape index (κ2) is 6.72. The predicted octanol–water partition coefficient (Wildman–Crippen LogP) is 1.88. The van der Waals surface area contributed by atoms with Crippen LogP contribution in [0.25, 0.3) is 0 Å². The average molecular weight is 240 g/mol. The van der Waals surface area contributed by atoms with Crippen molar-refractivity contribution in [2.24, 2.45) is 5.92 Å². The lowest BCUT2D eigenvalue weighted by Crippen LogP contribution is -2.36. The maximum absolute atomic E-state index is 5.62. The van der Waals surface area contributed by atoms with Crippen LogP contribution < -0.4 is 5.32 Å². The molecule has 3 unspecified atom stereocenters. The van der Waals surface area contributed by atoms with Gasteiger partial charge < -0.3 is 15.0 Å². The maximum Gasteiger partial charge on any atom is 0.0588 e. The molecule has 17 heavy (non-hydrogen) atoms. The summed E-state index contributed by atoms with van der Waals surface area (Å²) < 4.78 is 5.62. The number of rotatable bonds is 4. The fraction of sp³-hybridized carbons (Fsp3) is 1.00. The summed E-state index contributed by atoms with van der Waals surface area (Å²) in [5.74, 6) is 0.737. The highest BCUT2D eigenvalue weighted by Crippen LogP contribution is 2.20. The highest BCUT2D eigenvalue weighted by molar-refractivity contribution is 4.79. The normalized spacial score (nSPS) is 36.0. The van der Waals surface area contributed by atoms with E-state index in [1.165, 1.54) is 45.3 Å². The Balaban J connectivity index is 1.68. The fourth-order valence-electron chi connectivity index (χ4n) is 3.04. The Labute approximate surface area is 106 Å². The van der Waals surface area contributed by atoms with Crippen molar-refractivity contribution in [2.45, 2.75) is 51.7 Å². The van der Waals surface area contributed by atoms with Gasteiger partial charge >= 0.3 is 0 Å². The second-order valence-corrected chi connectivity index (χ2v) is 5.60. The van der Waals surface area contributed by atoms with Crippen LogP contribution in [0, 0.1) is 5.92 Å². The lowest BCUT2D eigenvalue weighted by molar-refractivity contribution is 0.104. The molecule has 3 heteroatoms. The summed E-state index contributed by atoms with van der Waals surface area (Å²) in [7, 11) is 0. The minimum Gasteiger partial charge on any atom is -0.378 e. The zero-order chi connectivity index (χ0) is 12.1. The molecular formula is C14H28N2O. The zero-order valence-corrected chi connectivity index (χ0v) is 11.5. The zero-order valence-electron chi connectivity index (χ0n) is 11.5. The highest BCUT2D eigenvalue weighted by Gasteiger charge is 2.25. The second-order valence-electron chi connectivity index (χ2n) is 5.60. The van der Waals surface area contributed by atoms with Crippen molar-refractivity contribution in [3.05, 3.63) is 0 Å². The van der Waals surface area contributed by atoms with Gasteiger partial charge in [-0.25, -0.2) is 0 Å². The number of hydrogen-bond donors (Lipinski definition) is 1. The average Bonchev–Trinajstić information content (AvgIpc) is 2.63. The van der Waals surface area contributed by atoms with Crippen LogP contribution in [0.3, 0.4) is 0 Å². The van der Waals surface area contributed by atoms with E-state index in [4.69, 9.17) is 4.74 Å². The molecule has 2 aliphatic heterocycles. The first-order chi connectivity index (χ1) is 8.29. The SMILES string of the molecule is CCN1CCCC(NCC2CCOC2C)CC1. The molecule has 0 aromatic heterocycles. The summed E-state index contributed by atoms with van der Waals surface area (Å²) in [6.07, 6.45) is 5.71. The molecule has 2 aliphatic rings. The molecule has 0 aromatic rings. The van der Waals surface area contributed by atoms with Crippen LogP contribution >= 0.6 is 0 Å². The first-order valence-corrected chi connectivity index (χ1v) is 7.37. The van der Waals surface area contributed by atoms with Crippen LogP contribution in [0.1, 0.15) is 39.5 Å². The Morgan fingerprint density at radius 1 is 1.24 bits per heavy atom. The molecule has 0 aromatic carbocycles. The molecular weight excluding hydrogens is 212 g/mol.